The molecule has 4 nitrogen and oxygen atoms in total. The number of hydrogen-bond acceptors (Lipinski definition) is 3. The number of furan rings is 1. The summed E-state index contributed by atoms with van der Waals surface area (Å²) >= 11 is 3.47. The van der Waals surface area contributed by atoms with E-state index in [2.05, 4.69) is 33.1 Å². The number of halogens is 1. The van der Waals surface area contributed by atoms with Crippen LogP contribution in [0.5, 0.6) is 0 Å². The molecule has 5 heteroatoms. The Balaban J connectivity index is 1.63. The fourth-order valence-corrected chi connectivity index (χ4v) is 3.70. The van der Waals surface area contributed by atoms with Crippen molar-refractivity contribution in [2.45, 2.75) is 45.6 Å². The van der Waals surface area contributed by atoms with E-state index in [0.717, 1.165) is 46.9 Å². The summed E-state index contributed by atoms with van der Waals surface area (Å²) in [7, 11) is 0. The summed E-state index contributed by atoms with van der Waals surface area (Å²) < 4.78 is 6.78. The molecule has 2 heterocycles. The Hall–Kier alpha value is -1.33. The van der Waals surface area contributed by atoms with Crippen molar-refractivity contribution in [3.8, 4) is 0 Å². The van der Waals surface area contributed by atoms with Crippen LogP contribution in [-0.4, -0.2) is 36.5 Å². The Kier molecular flexibility index (Phi) is 5.61. The first-order valence-electron chi connectivity index (χ1n) is 8.80. The lowest BCUT2D eigenvalue weighted by atomic mass is 10.0. The minimum absolute atomic E-state index is 0.0909. The highest BCUT2D eigenvalue weighted by molar-refractivity contribution is 9.10. The van der Waals surface area contributed by atoms with Gasteiger partial charge >= 0.3 is 0 Å². The van der Waals surface area contributed by atoms with Crippen molar-refractivity contribution in [3.63, 3.8) is 0 Å². The van der Waals surface area contributed by atoms with E-state index >= 15 is 0 Å². The average molecular weight is 393 g/mol. The normalized spacial score (nSPS) is 16.6. The number of unbranched alkanes of at least 4 members (excludes halogenated alkanes) is 1. The maximum Gasteiger partial charge on any atom is 0.287 e. The van der Waals surface area contributed by atoms with E-state index in [4.69, 9.17) is 4.42 Å². The molecule has 0 aliphatic carbocycles. The van der Waals surface area contributed by atoms with Crippen molar-refractivity contribution in [3.05, 3.63) is 34.0 Å². The van der Waals surface area contributed by atoms with Gasteiger partial charge in [-0.15, -0.1) is 0 Å². The molecule has 1 saturated heterocycles. The summed E-state index contributed by atoms with van der Waals surface area (Å²) in [6, 6.07) is 6.07. The third-order valence-corrected chi connectivity index (χ3v) is 5.35. The second kappa shape index (κ2) is 7.70. The van der Waals surface area contributed by atoms with Crippen molar-refractivity contribution in [1.82, 2.24) is 10.2 Å². The molecule has 24 heavy (non-hydrogen) atoms. The molecule has 1 amide bonds. The van der Waals surface area contributed by atoms with Crippen LogP contribution in [0.2, 0.25) is 0 Å². The molecule has 1 aromatic carbocycles. The van der Waals surface area contributed by atoms with Crippen LogP contribution in [0.15, 0.2) is 27.1 Å². The predicted molar refractivity (Wildman–Crippen MR) is 100 cm³/mol. The molecule has 1 aliphatic heterocycles. The van der Waals surface area contributed by atoms with E-state index in [1.165, 1.54) is 19.4 Å². The molecule has 0 bridgehead atoms. The molecule has 0 unspecified atom stereocenters. The van der Waals surface area contributed by atoms with Crippen LogP contribution in [0.4, 0.5) is 0 Å². The minimum atomic E-state index is -0.0909. The van der Waals surface area contributed by atoms with Gasteiger partial charge in [0.15, 0.2) is 5.76 Å². The zero-order valence-corrected chi connectivity index (χ0v) is 16.0. The van der Waals surface area contributed by atoms with Crippen molar-refractivity contribution in [2.24, 2.45) is 0 Å². The number of amides is 1. The highest BCUT2D eigenvalue weighted by Gasteiger charge is 2.24. The maximum atomic E-state index is 12.6. The van der Waals surface area contributed by atoms with E-state index in [-0.39, 0.29) is 11.9 Å². The van der Waals surface area contributed by atoms with E-state index in [0.29, 0.717) is 5.76 Å². The first-order chi connectivity index (χ1) is 11.6. The van der Waals surface area contributed by atoms with Gasteiger partial charge in [-0.2, -0.15) is 0 Å². The smallest absolute Gasteiger partial charge is 0.287 e. The quantitative estimate of drug-likeness (QED) is 0.814. The van der Waals surface area contributed by atoms with Crippen LogP contribution in [-0.2, 0) is 0 Å². The first kappa shape index (κ1) is 17.5. The molecule has 130 valence electrons. The molecule has 3 rings (SSSR count). The van der Waals surface area contributed by atoms with Crippen molar-refractivity contribution in [2.75, 3.05) is 19.6 Å². The van der Waals surface area contributed by atoms with Gasteiger partial charge in [-0.3, -0.25) is 4.79 Å². The molecule has 0 spiro atoms. The van der Waals surface area contributed by atoms with E-state index in [1.54, 1.807) is 0 Å². The number of fused-ring (bicyclic) bond motifs is 1. The summed E-state index contributed by atoms with van der Waals surface area (Å²) in [5.41, 5.74) is 1.67. The monoisotopic (exact) mass is 392 g/mol. The summed E-state index contributed by atoms with van der Waals surface area (Å²) in [5, 5.41) is 4.15. The zero-order valence-electron chi connectivity index (χ0n) is 14.4. The summed E-state index contributed by atoms with van der Waals surface area (Å²) in [6.45, 7) is 7.48. The van der Waals surface area contributed by atoms with Crippen LogP contribution >= 0.6 is 15.9 Å². The number of nitrogens with one attached hydrogen (secondary N) is 1. The van der Waals surface area contributed by atoms with Crippen LogP contribution in [0.3, 0.4) is 0 Å². The third-order valence-electron chi connectivity index (χ3n) is 4.86. The number of benzene rings is 1. The minimum Gasteiger partial charge on any atom is -0.451 e. The Morgan fingerprint density at radius 2 is 2.12 bits per heavy atom. The largest absolute Gasteiger partial charge is 0.451 e. The third kappa shape index (κ3) is 3.83. The number of aryl methyl sites for hydroxylation is 1. The molecule has 1 aromatic heterocycles. The highest BCUT2D eigenvalue weighted by atomic mass is 79.9. The fraction of sp³-hybridized carbons (Fsp3) is 0.526. The van der Waals surface area contributed by atoms with Crippen LogP contribution in [0.1, 0.15) is 48.7 Å². The molecule has 0 saturated carbocycles. The van der Waals surface area contributed by atoms with Gasteiger partial charge in [-0.05, 0) is 50.9 Å². The molecule has 2 aromatic rings. The maximum absolute atomic E-state index is 12.6. The Morgan fingerprint density at radius 1 is 1.38 bits per heavy atom. The number of nitrogens with zero attached hydrogens (tertiary/aromatic N) is 1. The Labute approximate surface area is 151 Å². The fourth-order valence-electron chi connectivity index (χ4n) is 3.34. The molecular weight excluding hydrogens is 368 g/mol. The summed E-state index contributed by atoms with van der Waals surface area (Å²) in [4.78, 5) is 15.1. The number of piperidine rings is 1. The number of carbonyl (C=O) groups is 1. The van der Waals surface area contributed by atoms with Crippen LogP contribution in [0, 0.1) is 6.92 Å². The molecule has 1 aliphatic rings. The van der Waals surface area contributed by atoms with Gasteiger partial charge in [0.1, 0.15) is 5.58 Å². The summed E-state index contributed by atoms with van der Waals surface area (Å²) in [6.07, 6.45) is 4.52. The number of likely N-dealkylation sites (tertiary alicyclic amines) is 1. The van der Waals surface area contributed by atoms with Crippen LogP contribution in [0.25, 0.3) is 11.0 Å². The Bertz CT molecular complexity index is 717. The lowest BCUT2D eigenvalue weighted by molar-refractivity contribution is 0.0884. The molecular formula is C19H25BrN2O2. The van der Waals surface area contributed by atoms with Gasteiger partial charge in [0, 0.05) is 34.6 Å². The van der Waals surface area contributed by atoms with Crippen LogP contribution < -0.4 is 5.32 Å². The number of carbonyl (C=O) groups excluding carboxylic acids is 1. The van der Waals surface area contributed by atoms with E-state index in [9.17, 15) is 4.79 Å². The SMILES string of the molecule is CCCCN1CCC(NC(=O)c2oc3ccc(Br)cc3c2C)CC1. The average Bonchev–Trinajstić information content (AvgIpc) is 2.91. The topological polar surface area (TPSA) is 45.5 Å². The van der Waals surface area contributed by atoms with Crippen molar-refractivity contribution >= 4 is 32.8 Å². The predicted octanol–water partition coefficient (Wildman–Crippen LogP) is 4.50. The number of rotatable bonds is 5. The van der Waals surface area contributed by atoms with Crippen molar-refractivity contribution < 1.29 is 9.21 Å². The lowest BCUT2D eigenvalue weighted by Crippen LogP contribution is -2.44. The van der Waals surface area contributed by atoms with Gasteiger partial charge in [-0.1, -0.05) is 29.3 Å². The molecule has 1 N–H and O–H groups in total. The number of hydrogen-bond donors (Lipinski definition) is 1. The van der Waals surface area contributed by atoms with Gasteiger partial charge in [0.25, 0.3) is 5.91 Å². The molecule has 0 radical (unpaired) electrons. The lowest BCUT2D eigenvalue weighted by Gasteiger charge is -2.32. The van der Waals surface area contributed by atoms with Gasteiger partial charge in [0.05, 0.1) is 0 Å². The standard InChI is InChI=1S/C19H25BrN2O2/c1-3-4-9-22-10-7-15(8-11-22)21-19(23)18-13(2)16-12-14(20)5-6-17(16)24-18/h5-6,12,15H,3-4,7-11H2,1-2H3,(H,21,23). The van der Waals surface area contributed by atoms with Gasteiger partial charge in [0.2, 0.25) is 0 Å². The van der Waals surface area contributed by atoms with Gasteiger partial charge in [-0.25, -0.2) is 0 Å². The highest BCUT2D eigenvalue weighted by Crippen LogP contribution is 2.28. The second-order valence-electron chi connectivity index (χ2n) is 6.64. The zero-order chi connectivity index (χ0) is 17.1. The van der Waals surface area contributed by atoms with E-state index < -0.39 is 0 Å². The Morgan fingerprint density at radius 3 is 2.83 bits per heavy atom. The molecule has 1 fully saturated rings. The first-order valence-corrected chi connectivity index (χ1v) is 9.59. The second-order valence-corrected chi connectivity index (χ2v) is 7.56. The van der Waals surface area contributed by atoms with Gasteiger partial charge < -0.3 is 14.6 Å². The molecule has 0 atom stereocenters. The van der Waals surface area contributed by atoms with Crippen molar-refractivity contribution in [1.29, 1.82) is 0 Å². The van der Waals surface area contributed by atoms with E-state index in [1.807, 2.05) is 25.1 Å². The summed E-state index contributed by atoms with van der Waals surface area (Å²) in [5.74, 6) is 0.350.